The molecule has 2 N–H and O–H groups in total. The number of aryl methyl sites for hydroxylation is 1. The molecule has 2 aliphatic heterocycles. The predicted molar refractivity (Wildman–Crippen MR) is 121 cm³/mol. The van der Waals surface area contributed by atoms with Gasteiger partial charge in [0.15, 0.2) is 5.69 Å². The number of benzene rings is 1. The number of aromatic nitrogens is 4. The maximum absolute atomic E-state index is 13.0. The Morgan fingerprint density at radius 1 is 1.25 bits per heavy atom. The molecule has 5 rings (SSSR count). The van der Waals surface area contributed by atoms with Crippen LogP contribution in [-0.4, -0.2) is 48.4 Å². The lowest BCUT2D eigenvalue weighted by Gasteiger charge is -2.28. The van der Waals surface area contributed by atoms with E-state index in [0.29, 0.717) is 25.3 Å². The van der Waals surface area contributed by atoms with Crippen LogP contribution in [-0.2, 0) is 39.0 Å². The van der Waals surface area contributed by atoms with E-state index >= 15 is 0 Å². The Kier molecular flexibility index (Phi) is 5.63. The van der Waals surface area contributed by atoms with Gasteiger partial charge in [0, 0.05) is 56.5 Å². The van der Waals surface area contributed by atoms with Gasteiger partial charge in [0.05, 0.1) is 24.5 Å². The molecule has 0 atom stereocenters. The van der Waals surface area contributed by atoms with Crippen molar-refractivity contribution in [1.82, 2.24) is 29.5 Å². The van der Waals surface area contributed by atoms with Gasteiger partial charge >= 0.3 is 0 Å². The quantitative estimate of drug-likeness (QED) is 0.595. The Hall–Kier alpha value is -3.23. The molecule has 8 nitrogen and oxygen atoms in total. The molecule has 0 radical (unpaired) electrons. The minimum absolute atomic E-state index is 0.00357. The summed E-state index contributed by atoms with van der Waals surface area (Å²) in [6, 6.07) is 9.86. The highest BCUT2D eigenvalue weighted by molar-refractivity contribution is 5.94. The fraction of sp³-hybridized carbons (Fsp3) is 0.375. The average Bonchev–Trinajstić information content (AvgIpc) is 3.48. The van der Waals surface area contributed by atoms with E-state index in [4.69, 9.17) is 4.98 Å². The summed E-state index contributed by atoms with van der Waals surface area (Å²) in [5, 5.41) is 17.1. The zero-order chi connectivity index (χ0) is 22.1. The summed E-state index contributed by atoms with van der Waals surface area (Å²) in [7, 11) is 0. The van der Waals surface area contributed by atoms with Crippen LogP contribution in [0.5, 0.6) is 0 Å². The van der Waals surface area contributed by atoms with E-state index < -0.39 is 0 Å². The van der Waals surface area contributed by atoms with Crippen LogP contribution in [0.2, 0.25) is 0 Å². The van der Waals surface area contributed by atoms with Crippen molar-refractivity contribution in [2.45, 2.75) is 45.9 Å². The van der Waals surface area contributed by atoms with Gasteiger partial charge < -0.3 is 15.0 Å². The van der Waals surface area contributed by atoms with Crippen LogP contribution in [0.1, 0.15) is 44.5 Å². The first-order chi connectivity index (χ1) is 15.6. The number of nitrogens with zero attached hydrogens (tertiary/aromatic N) is 5. The number of carbonyl (C=O) groups excluding carboxylic acids is 1. The summed E-state index contributed by atoms with van der Waals surface area (Å²) in [6.45, 7) is 5.21. The summed E-state index contributed by atoms with van der Waals surface area (Å²) in [4.78, 5) is 20.1. The zero-order valence-electron chi connectivity index (χ0n) is 18.3. The molecular formula is C24H28N6O2. The van der Waals surface area contributed by atoms with Crippen molar-refractivity contribution < 1.29 is 9.90 Å². The molecule has 8 heteroatoms. The van der Waals surface area contributed by atoms with Crippen LogP contribution < -0.4 is 5.32 Å². The van der Waals surface area contributed by atoms with Crippen LogP contribution in [0.15, 0.2) is 36.4 Å². The van der Waals surface area contributed by atoms with E-state index in [0.717, 1.165) is 54.3 Å². The normalized spacial score (nSPS) is 15.1. The van der Waals surface area contributed by atoms with E-state index in [9.17, 15) is 9.90 Å². The van der Waals surface area contributed by atoms with Crippen LogP contribution in [0, 0.1) is 6.92 Å². The number of hydrogen-bond acceptors (Lipinski definition) is 5. The van der Waals surface area contributed by atoms with Crippen molar-refractivity contribution in [3.8, 4) is 0 Å². The van der Waals surface area contributed by atoms with E-state index in [1.165, 1.54) is 5.69 Å². The van der Waals surface area contributed by atoms with Crippen molar-refractivity contribution >= 4 is 12.1 Å². The summed E-state index contributed by atoms with van der Waals surface area (Å²) in [5.41, 5.74) is 5.79. The van der Waals surface area contributed by atoms with Crippen molar-refractivity contribution in [2.75, 3.05) is 13.2 Å². The molecule has 1 amide bonds. The first-order valence-corrected chi connectivity index (χ1v) is 11.1. The molecule has 0 saturated heterocycles. The minimum Gasteiger partial charge on any atom is -0.394 e. The van der Waals surface area contributed by atoms with E-state index in [-0.39, 0.29) is 12.5 Å². The third kappa shape index (κ3) is 3.87. The van der Waals surface area contributed by atoms with E-state index in [1.807, 2.05) is 30.3 Å². The van der Waals surface area contributed by atoms with Crippen molar-refractivity contribution in [3.63, 3.8) is 0 Å². The molecule has 0 saturated carbocycles. The molecule has 2 aromatic heterocycles. The first-order valence-electron chi connectivity index (χ1n) is 11.1. The van der Waals surface area contributed by atoms with Crippen molar-refractivity contribution in [3.05, 3.63) is 76.1 Å². The fourth-order valence-corrected chi connectivity index (χ4v) is 4.63. The fourth-order valence-electron chi connectivity index (χ4n) is 4.63. The summed E-state index contributed by atoms with van der Waals surface area (Å²) >= 11 is 0. The lowest BCUT2D eigenvalue weighted by Crippen LogP contribution is -2.33. The molecule has 32 heavy (non-hydrogen) atoms. The Balaban J connectivity index is 1.37. The second-order valence-electron chi connectivity index (χ2n) is 8.37. The third-order valence-corrected chi connectivity index (χ3v) is 6.25. The summed E-state index contributed by atoms with van der Waals surface area (Å²) in [6.07, 6.45) is 5.91. The SMILES string of the molecule is Cc1nc2n(c1CN1CCc3c(c(C(=O)NCc4ccccc4)nn3CCO)C1)C=CC2. The van der Waals surface area contributed by atoms with Gasteiger partial charge in [0.1, 0.15) is 5.82 Å². The van der Waals surface area contributed by atoms with Crippen LogP contribution >= 0.6 is 0 Å². The summed E-state index contributed by atoms with van der Waals surface area (Å²) < 4.78 is 3.99. The number of imidazole rings is 1. The molecular weight excluding hydrogens is 404 g/mol. The predicted octanol–water partition coefficient (Wildman–Crippen LogP) is 1.90. The number of nitrogens with one attached hydrogen (secondary N) is 1. The molecule has 4 heterocycles. The molecule has 0 fully saturated rings. The number of fused-ring (bicyclic) bond motifs is 2. The highest BCUT2D eigenvalue weighted by Crippen LogP contribution is 2.26. The van der Waals surface area contributed by atoms with Crippen LogP contribution in [0.25, 0.3) is 6.20 Å². The zero-order valence-corrected chi connectivity index (χ0v) is 18.3. The standard InChI is InChI=1S/C24H28N6O2/c1-17-21(29-10-5-8-22(29)26-17)16-28-11-9-20-19(15-28)23(27-30(20)12-13-31)24(32)25-14-18-6-3-2-4-7-18/h2-7,10,31H,8-9,11-16H2,1H3,(H,25,32). The maximum Gasteiger partial charge on any atom is 0.272 e. The Bertz CT molecular complexity index is 1160. The number of aliphatic hydroxyl groups is 1. The number of aliphatic hydroxyl groups excluding tert-OH is 1. The minimum atomic E-state index is -0.173. The molecule has 0 bridgehead atoms. The van der Waals surface area contributed by atoms with E-state index in [1.54, 1.807) is 4.68 Å². The molecule has 2 aliphatic rings. The van der Waals surface area contributed by atoms with Crippen LogP contribution in [0.3, 0.4) is 0 Å². The second-order valence-corrected chi connectivity index (χ2v) is 8.37. The number of amides is 1. The highest BCUT2D eigenvalue weighted by Gasteiger charge is 2.29. The van der Waals surface area contributed by atoms with Crippen molar-refractivity contribution in [2.24, 2.45) is 0 Å². The lowest BCUT2D eigenvalue weighted by molar-refractivity contribution is 0.0942. The molecule has 0 aliphatic carbocycles. The third-order valence-electron chi connectivity index (χ3n) is 6.25. The van der Waals surface area contributed by atoms with Gasteiger partial charge in [-0.1, -0.05) is 36.4 Å². The topological polar surface area (TPSA) is 88.2 Å². The monoisotopic (exact) mass is 432 g/mol. The lowest BCUT2D eigenvalue weighted by atomic mass is 10.0. The second kappa shape index (κ2) is 8.72. The van der Waals surface area contributed by atoms with Gasteiger partial charge in [0.2, 0.25) is 0 Å². The van der Waals surface area contributed by atoms with E-state index in [2.05, 4.69) is 39.1 Å². The number of carbonyl (C=O) groups is 1. The number of rotatable bonds is 7. The highest BCUT2D eigenvalue weighted by atomic mass is 16.3. The van der Waals surface area contributed by atoms with Gasteiger partial charge in [0.25, 0.3) is 5.91 Å². The van der Waals surface area contributed by atoms with Crippen molar-refractivity contribution in [1.29, 1.82) is 0 Å². The van der Waals surface area contributed by atoms with Gasteiger partial charge in [-0.05, 0) is 12.5 Å². The molecule has 0 spiro atoms. The number of allylic oxidation sites excluding steroid dienone is 1. The number of hydrogen-bond donors (Lipinski definition) is 2. The van der Waals surface area contributed by atoms with Gasteiger partial charge in [-0.3, -0.25) is 14.4 Å². The Morgan fingerprint density at radius 2 is 2.09 bits per heavy atom. The van der Waals surface area contributed by atoms with Gasteiger partial charge in [-0.2, -0.15) is 5.10 Å². The van der Waals surface area contributed by atoms with Gasteiger partial charge in [-0.15, -0.1) is 0 Å². The molecule has 3 aromatic rings. The Labute approximate surface area is 187 Å². The maximum atomic E-state index is 13.0. The molecule has 166 valence electrons. The van der Waals surface area contributed by atoms with Gasteiger partial charge in [-0.25, -0.2) is 4.98 Å². The largest absolute Gasteiger partial charge is 0.394 e. The smallest absolute Gasteiger partial charge is 0.272 e. The average molecular weight is 433 g/mol. The van der Waals surface area contributed by atoms with Crippen LogP contribution in [0.4, 0.5) is 0 Å². The summed E-state index contributed by atoms with van der Waals surface area (Å²) in [5.74, 6) is 0.917. The molecule has 1 aromatic carbocycles. The Morgan fingerprint density at radius 3 is 2.91 bits per heavy atom. The molecule has 0 unspecified atom stereocenters. The first kappa shape index (κ1) is 20.7.